The van der Waals surface area contributed by atoms with Gasteiger partial charge in [-0.1, -0.05) is 23.7 Å². The number of hydrogen-bond acceptors (Lipinski definition) is 3. The molecule has 0 unspecified atom stereocenters. The Bertz CT molecular complexity index is 566. The summed E-state index contributed by atoms with van der Waals surface area (Å²) in [4.78, 5) is 12.4. The van der Waals surface area contributed by atoms with Gasteiger partial charge in [-0.25, -0.2) is 4.39 Å². The third-order valence-electron chi connectivity index (χ3n) is 2.35. The van der Waals surface area contributed by atoms with Crippen molar-refractivity contribution in [3.63, 3.8) is 0 Å². The highest BCUT2D eigenvalue weighted by Crippen LogP contribution is 2.23. The molecule has 1 heterocycles. The fourth-order valence-electron chi connectivity index (χ4n) is 1.50. The molecule has 0 amide bonds. The summed E-state index contributed by atoms with van der Waals surface area (Å²) in [5, 5.41) is 4.21. The molecule has 0 fully saturated rings. The van der Waals surface area contributed by atoms with Gasteiger partial charge in [0.25, 0.3) is 0 Å². The molecule has 0 spiro atoms. The fraction of sp³-hybridized carbons (Fsp3) is 0.167. The molecule has 0 atom stereocenters. The Morgan fingerprint density at radius 1 is 1.50 bits per heavy atom. The number of rotatable bonds is 4. The van der Waals surface area contributed by atoms with Crippen molar-refractivity contribution in [1.82, 2.24) is 9.78 Å². The van der Waals surface area contributed by atoms with E-state index in [1.807, 2.05) is 0 Å². The van der Waals surface area contributed by atoms with Crippen molar-refractivity contribution >= 4 is 29.1 Å². The molecule has 0 aliphatic carbocycles. The maximum Gasteiger partial charge on any atom is 0.192 e. The van der Waals surface area contributed by atoms with Gasteiger partial charge in [0.1, 0.15) is 11.5 Å². The number of thioether (sulfide) groups is 1. The first-order valence-electron chi connectivity index (χ1n) is 5.17. The van der Waals surface area contributed by atoms with Gasteiger partial charge in [0.05, 0.1) is 17.0 Å². The number of Topliss-reactive ketones (excluding diaryl/α,β-unsaturated/α-hetero) is 1. The van der Waals surface area contributed by atoms with E-state index in [1.54, 1.807) is 25.2 Å². The number of aromatic nitrogens is 2. The van der Waals surface area contributed by atoms with Crippen LogP contribution in [0.15, 0.2) is 35.4 Å². The Morgan fingerprint density at radius 2 is 2.22 bits per heavy atom. The largest absolute Gasteiger partial charge is 0.291 e. The molecule has 18 heavy (non-hydrogen) atoms. The molecular formula is C12H10ClFN2OS. The lowest BCUT2D eigenvalue weighted by Crippen LogP contribution is -2.09. The Labute approximate surface area is 113 Å². The Morgan fingerprint density at radius 3 is 2.83 bits per heavy atom. The predicted octanol–water partition coefficient (Wildman–Crippen LogP) is 3.19. The average molecular weight is 285 g/mol. The molecule has 0 N–H and O–H groups in total. The number of ketones is 1. The van der Waals surface area contributed by atoms with Crippen molar-refractivity contribution < 1.29 is 9.18 Å². The van der Waals surface area contributed by atoms with E-state index in [0.717, 1.165) is 11.8 Å². The number of nitrogens with zero attached hydrogens (tertiary/aromatic N) is 2. The van der Waals surface area contributed by atoms with Crippen LogP contribution in [0, 0.1) is 5.82 Å². The first kappa shape index (κ1) is 13.1. The quantitative estimate of drug-likeness (QED) is 0.639. The highest BCUT2D eigenvalue weighted by molar-refractivity contribution is 8.00. The molecular weight excluding hydrogens is 275 g/mol. The maximum absolute atomic E-state index is 13.4. The lowest BCUT2D eigenvalue weighted by Gasteiger charge is -2.03. The Hall–Kier alpha value is -1.33. The van der Waals surface area contributed by atoms with Crippen molar-refractivity contribution in [1.29, 1.82) is 0 Å². The zero-order valence-corrected chi connectivity index (χ0v) is 11.1. The zero-order chi connectivity index (χ0) is 13.1. The highest BCUT2D eigenvalue weighted by Gasteiger charge is 2.16. The minimum absolute atomic E-state index is 0.125. The predicted molar refractivity (Wildman–Crippen MR) is 69.7 cm³/mol. The summed E-state index contributed by atoms with van der Waals surface area (Å²) in [7, 11) is 1.65. The lowest BCUT2D eigenvalue weighted by atomic mass is 10.3. The molecule has 94 valence electrons. The minimum Gasteiger partial charge on any atom is -0.291 e. The second-order valence-corrected chi connectivity index (χ2v) is 5.03. The van der Waals surface area contributed by atoms with Gasteiger partial charge in [-0.15, -0.1) is 11.8 Å². The van der Waals surface area contributed by atoms with E-state index < -0.39 is 0 Å². The second-order valence-electron chi connectivity index (χ2n) is 3.61. The third-order valence-corrected chi connectivity index (χ3v) is 3.68. The van der Waals surface area contributed by atoms with E-state index >= 15 is 0 Å². The summed E-state index contributed by atoms with van der Waals surface area (Å²) in [6, 6.07) is 6.34. The first-order valence-corrected chi connectivity index (χ1v) is 6.54. The van der Waals surface area contributed by atoms with Gasteiger partial charge in [-0.2, -0.15) is 5.10 Å². The topological polar surface area (TPSA) is 34.9 Å². The fourth-order valence-corrected chi connectivity index (χ4v) is 2.57. The molecule has 2 aromatic rings. The van der Waals surface area contributed by atoms with E-state index in [9.17, 15) is 9.18 Å². The van der Waals surface area contributed by atoms with Gasteiger partial charge >= 0.3 is 0 Å². The number of carbonyl (C=O) groups excluding carboxylic acids is 1. The summed E-state index contributed by atoms with van der Waals surface area (Å²) in [6.07, 6.45) is 1.42. The molecule has 2 rings (SSSR count). The molecule has 0 aliphatic heterocycles. The maximum atomic E-state index is 13.4. The van der Waals surface area contributed by atoms with Gasteiger partial charge < -0.3 is 0 Å². The normalized spacial score (nSPS) is 10.6. The SMILES string of the molecule is Cn1ncc(Cl)c1C(=O)CSc1ccccc1F. The van der Waals surface area contributed by atoms with E-state index in [0.29, 0.717) is 15.6 Å². The monoisotopic (exact) mass is 284 g/mol. The van der Waals surface area contributed by atoms with Crippen LogP contribution in [0.1, 0.15) is 10.5 Å². The van der Waals surface area contributed by atoms with Gasteiger partial charge in [-0.05, 0) is 12.1 Å². The van der Waals surface area contributed by atoms with Crippen molar-refractivity contribution in [2.45, 2.75) is 4.90 Å². The summed E-state index contributed by atoms with van der Waals surface area (Å²) in [6.45, 7) is 0. The molecule has 0 aliphatic rings. The minimum atomic E-state index is -0.327. The van der Waals surface area contributed by atoms with Gasteiger partial charge in [-0.3, -0.25) is 9.48 Å². The molecule has 1 aromatic carbocycles. The van der Waals surface area contributed by atoms with Crippen LogP contribution in [0.4, 0.5) is 4.39 Å². The Balaban J connectivity index is 2.08. The van der Waals surface area contributed by atoms with Crippen LogP contribution in [-0.2, 0) is 7.05 Å². The van der Waals surface area contributed by atoms with Crippen LogP contribution in [0.25, 0.3) is 0 Å². The van der Waals surface area contributed by atoms with Crippen LogP contribution < -0.4 is 0 Å². The van der Waals surface area contributed by atoms with Crippen molar-refractivity contribution in [3.8, 4) is 0 Å². The zero-order valence-electron chi connectivity index (χ0n) is 9.56. The first-order chi connectivity index (χ1) is 8.59. The molecule has 0 saturated carbocycles. The van der Waals surface area contributed by atoms with Crippen molar-refractivity contribution in [3.05, 3.63) is 47.0 Å². The van der Waals surface area contributed by atoms with E-state index in [4.69, 9.17) is 11.6 Å². The average Bonchev–Trinajstić information content (AvgIpc) is 2.68. The van der Waals surface area contributed by atoms with Crippen LogP contribution in [0.5, 0.6) is 0 Å². The van der Waals surface area contributed by atoms with Crippen LogP contribution in [0.2, 0.25) is 5.02 Å². The van der Waals surface area contributed by atoms with E-state index in [2.05, 4.69) is 5.10 Å². The highest BCUT2D eigenvalue weighted by atomic mass is 35.5. The summed E-state index contributed by atoms with van der Waals surface area (Å²) < 4.78 is 14.8. The summed E-state index contributed by atoms with van der Waals surface area (Å²) in [5.41, 5.74) is 0.348. The molecule has 0 bridgehead atoms. The van der Waals surface area contributed by atoms with Crippen molar-refractivity contribution in [2.75, 3.05) is 5.75 Å². The number of carbonyl (C=O) groups is 1. The smallest absolute Gasteiger partial charge is 0.192 e. The lowest BCUT2D eigenvalue weighted by molar-refractivity contribution is 0.101. The summed E-state index contributed by atoms with van der Waals surface area (Å²) in [5.74, 6) is -0.375. The van der Waals surface area contributed by atoms with Crippen LogP contribution in [0.3, 0.4) is 0 Å². The van der Waals surface area contributed by atoms with Crippen LogP contribution >= 0.6 is 23.4 Å². The molecule has 0 saturated heterocycles. The van der Waals surface area contributed by atoms with E-state index in [-0.39, 0.29) is 17.4 Å². The van der Waals surface area contributed by atoms with Gasteiger partial charge in [0.15, 0.2) is 5.78 Å². The van der Waals surface area contributed by atoms with Gasteiger partial charge in [0.2, 0.25) is 0 Å². The van der Waals surface area contributed by atoms with E-state index in [1.165, 1.54) is 16.9 Å². The standard InChI is InChI=1S/C12H10ClFN2OS/c1-16-12(8(13)6-15-16)10(17)7-18-11-5-3-2-4-9(11)14/h2-6H,7H2,1H3. The number of hydrogen-bond donors (Lipinski definition) is 0. The molecule has 1 aromatic heterocycles. The third kappa shape index (κ3) is 2.73. The number of halogens is 2. The summed E-state index contributed by atoms with van der Waals surface area (Å²) >= 11 is 7.01. The molecule has 0 radical (unpaired) electrons. The van der Waals surface area contributed by atoms with Crippen molar-refractivity contribution in [2.24, 2.45) is 7.05 Å². The Kier molecular flexibility index (Phi) is 4.04. The molecule has 3 nitrogen and oxygen atoms in total. The second kappa shape index (κ2) is 5.54. The van der Waals surface area contributed by atoms with Crippen LogP contribution in [-0.4, -0.2) is 21.3 Å². The number of aryl methyl sites for hydroxylation is 1. The number of benzene rings is 1. The van der Waals surface area contributed by atoms with Gasteiger partial charge in [0, 0.05) is 11.9 Å². The molecule has 6 heteroatoms.